The highest BCUT2D eigenvalue weighted by atomic mass is 16.2. The van der Waals surface area contributed by atoms with E-state index in [1.54, 1.807) is 19.1 Å². The summed E-state index contributed by atoms with van der Waals surface area (Å²) in [6.07, 6.45) is 1.37. The Balaban J connectivity index is 1.74. The summed E-state index contributed by atoms with van der Waals surface area (Å²) in [6, 6.07) is 16.7. The van der Waals surface area contributed by atoms with Crippen molar-refractivity contribution >= 4 is 12.1 Å². The molecule has 0 saturated heterocycles. The molecule has 3 aromatic rings. The van der Waals surface area contributed by atoms with Crippen molar-refractivity contribution in [1.82, 2.24) is 15.2 Å². The lowest BCUT2D eigenvalue weighted by Gasteiger charge is -2.18. The van der Waals surface area contributed by atoms with Crippen LogP contribution in [0.3, 0.4) is 0 Å². The number of benzene rings is 2. The first-order valence-electron chi connectivity index (χ1n) is 9.08. The minimum Gasteiger partial charge on any atom is -0.295 e. The number of aromatic amines is 1. The van der Waals surface area contributed by atoms with Gasteiger partial charge in [0.1, 0.15) is 0 Å². The van der Waals surface area contributed by atoms with Crippen molar-refractivity contribution in [3.63, 3.8) is 0 Å². The zero-order chi connectivity index (χ0) is 20.3. The van der Waals surface area contributed by atoms with E-state index in [1.807, 2.05) is 42.5 Å². The molecule has 0 saturated carbocycles. The van der Waals surface area contributed by atoms with Gasteiger partial charge in [-0.2, -0.15) is 5.10 Å². The summed E-state index contributed by atoms with van der Waals surface area (Å²) in [4.78, 5) is 24.9. The quantitative estimate of drug-likeness (QED) is 0.540. The summed E-state index contributed by atoms with van der Waals surface area (Å²) in [5, 5.41) is 6.98. The Labute approximate surface area is 163 Å². The molecule has 0 aliphatic heterocycles. The summed E-state index contributed by atoms with van der Waals surface area (Å²) < 4.78 is 1.45. The number of rotatable bonds is 4. The van der Waals surface area contributed by atoms with Crippen LogP contribution in [0.5, 0.6) is 0 Å². The predicted molar refractivity (Wildman–Crippen MR) is 111 cm³/mol. The highest BCUT2D eigenvalue weighted by molar-refractivity contribution is 5.95. The second kappa shape index (κ2) is 7.68. The van der Waals surface area contributed by atoms with Gasteiger partial charge >= 0.3 is 0 Å². The van der Waals surface area contributed by atoms with E-state index < -0.39 is 0 Å². The fourth-order valence-corrected chi connectivity index (χ4v) is 2.81. The molecular weight excluding hydrogens is 352 g/mol. The molecule has 1 aromatic heterocycles. The third-order valence-corrected chi connectivity index (χ3v) is 4.50. The van der Waals surface area contributed by atoms with Gasteiger partial charge in [-0.25, -0.2) is 10.1 Å². The summed E-state index contributed by atoms with van der Waals surface area (Å²) in [5.41, 5.74) is 5.74. The van der Waals surface area contributed by atoms with Gasteiger partial charge in [-0.1, -0.05) is 51.1 Å². The molecule has 0 bridgehead atoms. The summed E-state index contributed by atoms with van der Waals surface area (Å²) in [7, 11) is 0. The van der Waals surface area contributed by atoms with Gasteiger partial charge in [-0.15, -0.1) is 0 Å². The minimum atomic E-state index is -0.326. The molecule has 2 aromatic carbocycles. The molecule has 0 spiro atoms. The van der Waals surface area contributed by atoms with Crippen molar-refractivity contribution in [2.45, 2.75) is 33.1 Å². The zero-order valence-corrected chi connectivity index (χ0v) is 16.5. The van der Waals surface area contributed by atoms with E-state index in [4.69, 9.17) is 0 Å². The van der Waals surface area contributed by atoms with Gasteiger partial charge in [-0.05, 0) is 42.2 Å². The normalized spacial score (nSPS) is 11.7. The number of amides is 1. The van der Waals surface area contributed by atoms with E-state index in [0.29, 0.717) is 16.8 Å². The van der Waals surface area contributed by atoms with Crippen LogP contribution in [-0.4, -0.2) is 21.9 Å². The maximum absolute atomic E-state index is 12.6. The molecule has 0 aliphatic carbocycles. The SMILES string of the molecule is Cc1[nH]n(-c2ccccc2)c(=O)c1/C=N/NC(=O)c1ccc(C(C)(C)C)cc1. The number of carbonyl (C=O) groups excluding carboxylic acids is 1. The lowest BCUT2D eigenvalue weighted by molar-refractivity contribution is 0.0955. The van der Waals surface area contributed by atoms with Crippen molar-refractivity contribution in [2.75, 3.05) is 0 Å². The van der Waals surface area contributed by atoms with Crippen LogP contribution in [0.15, 0.2) is 64.5 Å². The van der Waals surface area contributed by atoms with E-state index in [2.05, 4.69) is 36.4 Å². The first kappa shape index (κ1) is 19.4. The van der Waals surface area contributed by atoms with Crippen LogP contribution in [0.4, 0.5) is 0 Å². The first-order valence-corrected chi connectivity index (χ1v) is 9.08. The van der Waals surface area contributed by atoms with Crippen LogP contribution in [0.2, 0.25) is 0 Å². The standard InChI is InChI=1S/C22H24N4O2/c1-15-19(21(28)26(25-15)18-8-6-5-7-9-18)14-23-24-20(27)16-10-12-17(13-11-16)22(2,3)4/h5-14,25H,1-4H3,(H,24,27)/b23-14+. The Hall–Kier alpha value is -3.41. The molecule has 1 heterocycles. The fraction of sp³-hybridized carbons (Fsp3) is 0.227. The fourth-order valence-electron chi connectivity index (χ4n) is 2.81. The monoisotopic (exact) mass is 376 g/mol. The third-order valence-electron chi connectivity index (χ3n) is 4.50. The Morgan fingerprint density at radius 3 is 2.32 bits per heavy atom. The number of H-pyrrole nitrogens is 1. The highest BCUT2D eigenvalue weighted by Gasteiger charge is 2.14. The maximum atomic E-state index is 12.6. The van der Waals surface area contributed by atoms with Crippen LogP contribution in [-0.2, 0) is 5.41 Å². The van der Waals surface area contributed by atoms with E-state index in [9.17, 15) is 9.59 Å². The Bertz CT molecular complexity index is 1050. The molecule has 0 radical (unpaired) electrons. The van der Waals surface area contributed by atoms with Gasteiger partial charge in [0.05, 0.1) is 17.5 Å². The number of hydrazone groups is 1. The molecule has 28 heavy (non-hydrogen) atoms. The molecule has 6 nitrogen and oxygen atoms in total. The number of nitrogens with zero attached hydrogens (tertiary/aromatic N) is 2. The summed E-state index contributed by atoms with van der Waals surface area (Å²) >= 11 is 0. The first-order chi connectivity index (χ1) is 13.3. The molecule has 144 valence electrons. The molecule has 1 amide bonds. The second-order valence-corrected chi connectivity index (χ2v) is 7.65. The van der Waals surface area contributed by atoms with Crippen LogP contribution < -0.4 is 11.0 Å². The van der Waals surface area contributed by atoms with Gasteiger partial charge in [0, 0.05) is 11.3 Å². The highest BCUT2D eigenvalue weighted by Crippen LogP contribution is 2.22. The van der Waals surface area contributed by atoms with Crippen molar-refractivity contribution in [1.29, 1.82) is 0 Å². The van der Waals surface area contributed by atoms with Gasteiger partial charge in [0.25, 0.3) is 11.5 Å². The van der Waals surface area contributed by atoms with Gasteiger partial charge < -0.3 is 0 Å². The zero-order valence-electron chi connectivity index (χ0n) is 16.5. The molecule has 0 fully saturated rings. The molecule has 0 aliphatic rings. The number of para-hydroxylation sites is 1. The van der Waals surface area contributed by atoms with Crippen LogP contribution >= 0.6 is 0 Å². The van der Waals surface area contributed by atoms with E-state index in [0.717, 1.165) is 11.3 Å². The van der Waals surface area contributed by atoms with E-state index in [1.165, 1.54) is 10.9 Å². The molecule has 0 unspecified atom stereocenters. The second-order valence-electron chi connectivity index (χ2n) is 7.65. The average Bonchev–Trinajstić information content (AvgIpc) is 2.96. The predicted octanol–water partition coefficient (Wildman–Crippen LogP) is 3.54. The van der Waals surface area contributed by atoms with Gasteiger partial charge in [0.15, 0.2) is 0 Å². The maximum Gasteiger partial charge on any atom is 0.280 e. The van der Waals surface area contributed by atoms with Crippen LogP contribution in [0.1, 0.15) is 48.0 Å². The van der Waals surface area contributed by atoms with E-state index in [-0.39, 0.29) is 16.9 Å². The number of nitrogens with one attached hydrogen (secondary N) is 2. The van der Waals surface area contributed by atoms with Crippen molar-refractivity contribution in [2.24, 2.45) is 5.10 Å². The molecule has 2 N–H and O–H groups in total. The smallest absolute Gasteiger partial charge is 0.280 e. The third kappa shape index (κ3) is 4.11. The molecule has 3 rings (SSSR count). The van der Waals surface area contributed by atoms with E-state index >= 15 is 0 Å². The van der Waals surface area contributed by atoms with Crippen LogP contribution in [0.25, 0.3) is 5.69 Å². The molecule has 0 atom stereocenters. The van der Waals surface area contributed by atoms with Gasteiger partial charge in [-0.3, -0.25) is 14.7 Å². The topological polar surface area (TPSA) is 79.2 Å². The molecule has 6 heteroatoms. The average molecular weight is 376 g/mol. The number of carbonyl (C=O) groups is 1. The number of hydrogen-bond donors (Lipinski definition) is 2. The number of hydrogen-bond acceptors (Lipinski definition) is 3. The Morgan fingerprint density at radius 2 is 1.71 bits per heavy atom. The van der Waals surface area contributed by atoms with Crippen molar-refractivity contribution < 1.29 is 4.79 Å². The number of aryl methyl sites for hydroxylation is 1. The Morgan fingerprint density at radius 1 is 1.07 bits per heavy atom. The van der Waals surface area contributed by atoms with Crippen LogP contribution in [0, 0.1) is 6.92 Å². The summed E-state index contributed by atoms with van der Waals surface area (Å²) in [6.45, 7) is 8.14. The Kier molecular flexibility index (Phi) is 5.31. The molecular formula is C22H24N4O2. The van der Waals surface area contributed by atoms with Crippen molar-refractivity contribution in [3.05, 3.63) is 87.3 Å². The largest absolute Gasteiger partial charge is 0.295 e. The lowest BCUT2D eigenvalue weighted by atomic mass is 9.87. The lowest BCUT2D eigenvalue weighted by Crippen LogP contribution is -2.20. The van der Waals surface area contributed by atoms with Gasteiger partial charge in [0.2, 0.25) is 0 Å². The summed E-state index contributed by atoms with van der Waals surface area (Å²) in [5.74, 6) is -0.326. The minimum absolute atomic E-state index is 0.0254. The van der Waals surface area contributed by atoms with Crippen molar-refractivity contribution in [3.8, 4) is 5.69 Å². The number of aromatic nitrogens is 2.